The Labute approximate surface area is 157 Å². The number of benzene rings is 1. The van der Waals surface area contributed by atoms with Gasteiger partial charge in [0.05, 0.1) is 16.6 Å². The van der Waals surface area contributed by atoms with Crippen LogP contribution in [-0.4, -0.2) is 46.5 Å². The van der Waals surface area contributed by atoms with Crippen molar-refractivity contribution in [3.8, 4) is 0 Å². The second-order valence-electron chi connectivity index (χ2n) is 7.74. The molecule has 1 N–H and O–H groups in total. The molecule has 0 aliphatic heterocycles. The Kier molecular flexibility index (Phi) is 4.42. The highest BCUT2D eigenvalue weighted by molar-refractivity contribution is 6.07. The molecule has 2 fully saturated rings. The Morgan fingerprint density at radius 1 is 1.41 bits per heavy atom. The number of fused-ring (bicyclic) bond motifs is 1. The Morgan fingerprint density at radius 3 is 2.81 bits per heavy atom. The van der Waals surface area contributed by atoms with Crippen LogP contribution in [0.5, 0.6) is 0 Å². The van der Waals surface area contributed by atoms with E-state index in [9.17, 15) is 14.9 Å². The summed E-state index contributed by atoms with van der Waals surface area (Å²) in [5, 5.41) is 11.7. The maximum absolute atomic E-state index is 13.2. The number of hydrogen-bond donors (Lipinski definition) is 1. The van der Waals surface area contributed by atoms with E-state index in [4.69, 9.17) is 4.74 Å². The van der Waals surface area contributed by atoms with Crippen LogP contribution >= 0.6 is 0 Å². The molecular formula is C20H25N3O4. The van der Waals surface area contributed by atoms with Gasteiger partial charge in [0.25, 0.3) is 11.6 Å². The molecule has 0 unspecified atom stereocenters. The first kappa shape index (κ1) is 18.0. The molecule has 4 rings (SSSR count). The number of nitrogens with zero attached hydrogens (tertiary/aromatic N) is 2. The van der Waals surface area contributed by atoms with Crippen molar-refractivity contribution >= 4 is 22.5 Å². The summed E-state index contributed by atoms with van der Waals surface area (Å²) in [5.74, 6) is -0.0898. The second kappa shape index (κ2) is 6.64. The summed E-state index contributed by atoms with van der Waals surface area (Å²) in [6.07, 6.45) is 7.31. The lowest BCUT2D eigenvalue weighted by atomic mass is 9.60. The highest BCUT2D eigenvalue weighted by atomic mass is 16.6. The summed E-state index contributed by atoms with van der Waals surface area (Å²) in [4.78, 5) is 28.8. The number of nitro benzene ring substituents is 1. The van der Waals surface area contributed by atoms with Crippen LogP contribution in [0.15, 0.2) is 24.4 Å². The number of non-ortho nitro benzene ring substituents is 1. The van der Waals surface area contributed by atoms with Crippen LogP contribution in [-0.2, 0) is 4.74 Å². The third-order valence-corrected chi connectivity index (χ3v) is 6.54. The van der Waals surface area contributed by atoms with Crippen molar-refractivity contribution in [2.45, 2.75) is 51.2 Å². The third kappa shape index (κ3) is 2.72. The SMILES string of the molecule is CCO[C@@H]1C[C@H](N(C)C(=O)c2c[nH]c3ccc([N+](=O)[O-])cc23)C12CCCC2. The number of carbonyl (C=O) groups is 1. The molecule has 7 nitrogen and oxygen atoms in total. The molecule has 27 heavy (non-hydrogen) atoms. The summed E-state index contributed by atoms with van der Waals surface area (Å²) < 4.78 is 5.96. The molecule has 1 aromatic heterocycles. The van der Waals surface area contributed by atoms with Crippen LogP contribution in [0.1, 0.15) is 49.4 Å². The van der Waals surface area contributed by atoms with Crippen molar-refractivity contribution in [1.82, 2.24) is 9.88 Å². The van der Waals surface area contributed by atoms with E-state index in [1.807, 2.05) is 18.9 Å². The lowest BCUT2D eigenvalue weighted by Gasteiger charge is -2.57. The maximum atomic E-state index is 13.2. The Balaban J connectivity index is 1.62. The Hall–Kier alpha value is -2.41. The van der Waals surface area contributed by atoms with Crippen LogP contribution in [0.25, 0.3) is 10.9 Å². The number of nitro groups is 1. The number of hydrogen-bond acceptors (Lipinski definition) is 4. The quantitative estimate of drug-likeness (QED) is 0.638. The number of H-pyrrole nitrogens is 1. The van der Waals surface area contributed by atoms with Gasteiger partial charge >= 0.3 is 0 Å². The van der Waals surface area contributed by atoms with E-state index >= 15 is 0 Å². The highest BCUT2D eigenvalue weighted by Gasteiger charge is 2.58. The van der Waals surface area contributed by atoms with Crippen LogP contribution < -0.4 is 0 Å². The minimum Gasteiger partial charge on any atom is -0.378 e. The van der Waals surface area contributed by atoms with Crippen LogP contribution in [0.4, 0.5) is 5.69 Å². The molecule has 1 heterocycles. The number of amides is 1. The lowest BCUT2D eigenvalue weighted by Crippen LogP contribution is -2.63. The first-order valence-corrected chi connectivity index (χ1v) is 9.62. The number of rotatable bonds is 5. The van der Waals surface area contributed by atoms with Crippen LogP contribution in [0.3, 0.4) is 0 Å². The zero-order chi connectivity index (χ0) is 19.2. The number of ether oxygens (including phenoxy) is 1. The van der Waals surface area contributed by atoms with Crippen molar-refractivity contribution in [1.29, 1.82) is 0 Å². The molecule has 2 aliphatic rings. The first-order chi connectivity index (χ1) is 13.0. The van der Waals surface area contributed by atoms with Gasteiger partial charge in [0.15, 0.2) is 0 Å². The second-order valence-corrected chi connectivity index (χ2v) is 7.74. The van der Waals surface area contributed by atoms with Gasteiger partial charge in [0, 0.05) is 54.3 Å². The van der Waals surface area contributed by atoms with Gasteiger partial charge in [-0.25, -0.2) is 0 Å². The fourth-order valence-electron chi connectivity index (χ4n) is 5.12. The number of nitrogens with one attached hydrogen (secondary N) is 1. The lowest BCUT2D eigenvalue weighted by molar-refractivity contribution is -0.384. The van der Waals surface area contributed by atoms with Gasteiger partial charge in [-0.15, -0.1) is 0 Å². The molecule has 0 saturated heterocycles. The van der Waals surface area contributed by atoms with Crippen LogP contribution in [0, 0.1) is 15.5 Å². The number of aromatic nitrogens is 1. The van der Waals surface area contributed by atoms with Crippen molar-refractivity contribution in [3.63, 3.8) is 0 Å². The van der Waals surface area contributed by atoms with Crippen LogP contribution in [0.2, 0.25) is 0 Å². The molecule has 0 radical (unpaired) electrons. The standard InChI is InChI=1S/C20H25N3O4/c1-3-27-18-11-17(20(18)8-4-5-9-20)22(2)19(24)15-12-21-16-7-6-13(23(25)26)10-14(15)16/h6-7,10,12,17-18,21H,3-5,8-9,11H2,1-2H3/t17-,18+/m0/s1. The zero-order valence-electron chi connectivity index (χ0n) is 15.7. The molecule has 2 saturated carbocycles. The summed E-state index contributed by atoms with van der Waals surface area (Å²) in [6, 6.07) is 4.73. The third-order valence-electron chi connectivity index (χ3n) is 6.54. The normalized spacial score (nSPS) is 23.5. The van der Waals surface area contributed by atoms with Gasteiger partial charge in [0.2, 0.25) is 0 Å². The van der Waals surface area contributed by atoms with E-state index in [0.717, 1.165) is 24.8 Å². The van der Waals surface area contributed by atoms with Gasteiger partial charge in [-0.3, -0.25) is 14.9 Å². The summed E-state index contributed by atoms with van der Waals surface area (Å²) in [6.45, 7) is 2.71. The predicted octanol–water partition coefficient (Wildman–Crippen LogP) is 3.89. The van der Waals surface area contributed by atoms with Crippen molar-refractivity contribution < 1.29 is 14.5 Å². The highest BCUT2D eigenvalue weighted by Crippen LogP contribution is 2.56. The Morgan fingerprint density at radius 2 is 2.15 bits per heavy atom. The minimum absolute atomic E-state index is 0.00822. The molecular weight excluding hydrogens is 346 g/mol. The van der Waals surface area contributed by atoms with E-state index in [1.54, 1.807) is 12.3 Å². The van der Waals surface area contributed by atoms with Crippen molar-refractivity contribution in [3.05, 3.63) is 40.1 Å². The predicted molar refractivity (Wildman–Crippen MR) is 102 cm³/mol. The smallest absolute Gasteiger partial charge is 0.270 e. The Bertz CT molecular complexity index is 884. The molecule has 1 amide bonds. The molecule has 0 bridgehead atoms. The topological polar surface area (TPSA) is 88.5 Å². The fraction of sp³-hybridized carbons (Fsp3) is 0.550. The monoisotopic (exact) mass is 371 g/mol. The van der Waals surface area contributed by atoms with Gasteiger partial charge < -0.3 is 14.6 Å². The van der Waals surface area contributed by atoms with Gasteiger partial charge in [-0.05, 0) is 32.3 Å². The first-order valence-electron chi connectivity index (χ1n) is 9.62. The minimum atomic E-state index is -0.434. The maximum Gasteiger partial charge on any atom is 0.270 e. The van der Waals surface area contributed by atoms with E-state index in [0.29, 0.717) is 17.6 Å². The average Bonchev–Trinajstić information content (AvgIpc) is 3.31. The van der Waals surface area contributed by atoms with Gasteiger partial charge in [0.1, 0.15) is 0 Å². The van der Waals surface area contributed by atoms with E-state index in [2.05, 4.69) is 4.98 Å². The van der Waals surface area contributed by atoms with Gasteiger partial charge in [-0.2, -0.15) is 0 Å². The molecule has 2 aliphatic carbocycles. The number of carbonyl (C=O) groups excluding carboxylic acids is 1. The van der Waals surface area contributed by atoms with E-state index in [-0.39, 0.29) is 29.2 Å². The summed E-state index contributed by atoms with van der Waals surface area (Å²) in [5.41, 5.74) is 1.28. The van der Waals surface area contributed by atoms with Crippen molar-refractivity contribution in [2.75, 3.05) is 13.7 Å². The largest absolute Gasteiger partial charge is 0.378 e. The van der Waals surface area contributed by atoms with E-state index in [1.165, 1.54) is 25.0 Å². The molecule has 7 heteroatoms. The number of aromatic amines is 1. The zero-order valence-corrected chi connectivity index (χ0v) is 15.7. The fourth-order valence-corrected chi connectivity index (χ4v) is 5.12. The molecule has 144 valence electrons. The summed E-state index contributed by atoms with van der Waals surface area (Å²) >= 11 is 0. The van der Waals surface area contributed by atoms with Crippen molar-refractivity contribution in [2.24, 2.45) is 5.41 Å². The molecule has 1 aromatic carbocycles. The average molecular weight is 371 g/mol. The molecule has 2 atom stereocenters. The van der Waals surface area contributed by atoms with Gasteiger partial charge in [-0.1, -0.05) is 12.8 Å². The van der Waals surface area contributed by atoms with E-state index < -0.39 is 4.92 Å². The summed E-state index contributed by atoms with van der Waals surface area (Å²) in [7, 11) is 1.85. The molecule has 1 spiro atoms. The molecule has 2 aromatic rings.